The van der Waals surface area contributed by atoms with E-state index in [2.05, 4.69) is 10.6 Å². The molecule has 0 saturated carbocycles. The maximum absolute atomic E-state index is 9.32. The molecule has 2 rings (SSSR count). The summed E-state index contributed by atoms with van der Waals surface area (Å²) in [6, 6.07) is 16.1. The van der Waals surface area contributed by atoms with E-state index in [0.717, 1.165) is 11.1 Å². The molecule has 20 heavy (non-hydrogen) atoms. The van der Waals surface area contributed by atoms with Gasteiger partial charge in [0.2, 0.25) is 0 Å². The number of rotatable bonds is 5. The Labute approximate surface area is 122 Å². The predicted molar refractivity (Wildman–Crippen MR) is 78.5 cm³/mol. The molecule has 3 N–H and O–H groups in total. The fourth-order valence-corrected chi connectivity index (χ4v) is 2.10. The van der Waals surface area contributed by atoms with Crippen LogP contribution in [0.5, 0.6) is 0 Å². The zero-order chi connectivity index (χ0) is 14.4. The third-order valence-electron chi connectivity index (χ3n) is 3.05. The van der Waals surface area contributed by atoms with Gasteiger partial charge in [0.05, 0.1) is 11.8 Å². The van der Waals surface area contributed by atoms with E-state index in [0.29, 0.717) is 17.2 Å². The molecule has 0 aliphatic rings. The lowest BCUT2D eigenvalue weighted by Crippen LogP contribution is -2.21. The first-order valence-electron chi connectivity index (χ1n) is 6.16. The van der Waals surface area contributed by atoms with Gasteiger partial charge in [0.1, 0.15) is 0 Å². The van der Waals surface area contributed by atoms with Crippen LogP contribution in [0.2, 0.25) is 5.02 Å². The van der Waals surface area contributed by atoms with Crippen LogP contribution in [-0.2, 0) is 0 Å². The zero-order valence-corrected chi connectivity index (χ0v) is 11.5. The number of hydrogen-bond donors (Lipinski definition) is 3. The van der Waals surface area contributed by atoms with Crippen molar-refractivity contribution in [3.05, 3.63) is 70.7 Å². The molecule has 0 bridgehead atoms. The molecule has 1 unspecified atom stereocenters. The summed E-state index contributed by atoms with van der Waals surface area (Å²) < 4.78 is 0. The standard InChI is InChI=1S/C15H15ClN2O2/c16-13-8-6-12(7-9-13)15(18-20)10-14(17-19)11-4-2-1-3-5-11/h1-9,15,18-20H,10H2/b17-14+. The van der Waals surface area contributed by atoms with Crippen molar-refractivity contribution < 1.29 is 10.4 Å². The summed E-state index contributed by atoms with van der Waals surface area (Å²) in [4.78, 5) is 0. The van der Waals surface area contributed by atoms with Crippen molar-refractivity contribution in [3.8, 4) is 0 Å². The monoisotopic (exact) mass is 290 g/mol. The van der Waals surface area contributed by atoms with Gasteiger partial charge in [0.15, 0.2) is 0 Å². The summed E-state index contributed by atoms with van der Waals surface area (Å²) in [5.41, 5.74) is 4.40. The average molecular weight is 291 g/mol. The van der Waals surface area contributed by atoms with Gasteiger partial charge in [-0.25, -0.2) is 0 Å². The van der Waals surface area contributed by atoms with E-state index in [-0.39, 0.29) is 6.04 Å². The second kappa shape index (κ2) is 7.05. The lowest BCUT2D eigenvalue weighted by Gasteiger charge is -2.16. The van der Waals surface area contributed by atoms with Gasteiger partial charge in [0, 0.05) is 11.4 Å². The van der Waals surface area contributed by atoms with Gasteiger partial charge in [-0.1, -0.05) is 59.2 Å². The lowest BCUT2D eigenvalue weighted by molar-refractivity contribution is 0.128. The first kappa shape index (κ1) is 14.5. The Balaban J connectivity index is 2.19. The predicted octanol–water partition coefficient (Wildman–Crippen LogP) is 3.63. The Hall–Kier alpha value is -1.88. The summed E-state index contributed by atoms with van der Waals surface area (Å²) >= 11 is 5.84. The highest BCUT2D eigenvalue weighted by Gasteiger charge is 2.15. The van der Waals surface area contributed by atoms with Gasteiger partial charge in [-0.05, 0) is 23.3 Å². The van der Waals surface area contributed by atoms with E-state index in [1.165, 1.54) is 0 Å². The molecular weight excluding hydrogens is 276 g/mol. The fraction of sp³-hybridized carbons (Fsp3) is 0.133. The molecule has 2 aromatic rings. The molecule has 0 spiro atoms. The topological polar surface area (TPSA) is 64.9 Å². The molecule has 0 radical (unpaired) electrons. The molecule has 2 aromatic carbocycles. The van der Waals surface area contributed by atoms with Crippen LogP contribution in [0.3, 0.4) is 0 Å². The van der Waals surface area contributed by atoms with Crippen LogP contribution in [0.1, 0.15) is 23.6 Å². The number of nitrogens with zero attached hydrogens (tertiary/aromatic N) is 1. The number of oxime groups is 1. The molecule has 0 amide bonds. The van der Waals surface area contributed by atoms with E-state index < -0.39 is 0 Å². The molecule has 0 fully saturated rings. The highest BCUT2D eigenvalue weighted by atomic mass is 35.5. The van der Waals surface area contributed by atoms with E-state index in [1.807, 2.05) is 42.5 Å². The number of nitrogens with one attached hydrogen (secondary N) is 1. The first-order valence-corrected chi connectivity index (χ1v) is 6.54. The van der Waals surface area contributed by atoms with Crippen LogP contribution < -0.4 is 5.48 Å². The second-order valence-electron chi connectivity index (χ2n) is 4.35. The second-order valence-corrected chi connectivity index (χ2v) is 4.79. The number of halogens is 1. The molecule has 1 atom stereocenters. The number of hydroxylamine groups is 1. The third-order valence-corrected chi connectivity index (χ3v) is 3.31. The summed E-state index contributed by atoms with van der Waals surface area (Å²) in [5.74, 6) is 0. The highest BCUT2D eigenvalue weighted by molar-refractivity contribution is 6.30. The summed E-state index contributed by atoms with van der Waals surface area (Å²) in [7, 11) is 0. The summed E-state index contributed by atoms with van der Waals surface area (Å²) in [6.07, 6.45) is 0.346. The molecule has 5 heteroatoms. The van der Waals surface area contributed by atoms with E-state index >= 15 is 0 Å². The lowest BCUT2D eigenvalue weighted by atomic mass is 9.98. The molecule has 4 nitrogen and oxygen atoms in total. The average Bonchev–Trinajstić information content (AvgIpc) is 2.51. The van der Waals surface area contributed by atoms with Crippen LogP contribution in [0.4, 0.5) is 0 Å². The maximum Gasteiger partial charge on any atom is 0.0887 e. The molecule has 0 aliphatic carbocycles. The summed E-state index contributed by atoms with van der Waals surface area (Å²) in [6.45, 7) is 0. The van der Waals surface area contributed by atoms with Gasteiger partial charge in [0.25, 0.3) is 0 Å². The van der Waals surface area contributed by atoms with Gasteiger partial charge < -0.3 is 10.4 Å². The van der Waals surface area contributed by atoms with Gasteiger partial charge in [-0.2, -0.15) is 5.48 Å². The van der Waals surface area contributed by atoms with Crippen molar-refractivity contribution in [1.82, 2.24) is 5.48 Å². The van der Waals surface area contributed by atoms with Crippen LogP contribution in [0.15, 0.2) is 59.8 Å². The number of benzene rings is 2. The first-order chi connectivity index (χ1) is 9.74. The van der Waals surface area contributed by atoms with E-state index in [1.54, 1.807) is 12.1 Å². The van der Waals surface area contributed by atoms with Gasteiger partial charge >= 0.3 is 0 Å². The zero-order valence-electron chi connectivity index (χ0n) is 10.7. The van der Waals surface area contributed by atoms with Crippen molar-refractivity contribution in [2.24, 2.45) is 5.16 Å². The SMILES string of the molecule is O/N=C(\CC(NO)c1ccc(Cl)cc1)c1ccccc1. The van der Waals surface area contributed by atoms with Crippen LogP contribution in [-0.4, -0.2) is 16.1 Å². The summed E-state index contributed by atoms with van der Waals surface area (Å²) in [5, 5.41) is 22.5. The Kier molecular flexibility index (Phi) is 5.12. The fourth-order valence-electron chi connectivity index (χ4n) is 1.97. The quantitative estimate of drug-likeness (QED) is 0.447. The minimum atomic E-state index is -0.377. The maximum atomic E-state index is 9.32. The van der Waals surface area contributed by atoms with Crippen molar-refractivity contribution in [1.29, 1.82) is 0 Å². The number of hydrogen-bond acceptors (Lipinski definition) is 4. The van der Waals surface area contributed by atoms with Crippen LogP contribution in [0.25, 0.3) is 0 Å². The van der Waals surface area contributed by atoms with Crippen molar-refractivity contribution in [2.75, 3.05) is 0 Å². The molecule has 104 valence electrons. The van der Waals surface area contributed by atoms with Gasteiger partial charge in [-0.3, -0.25) is 0 Å². The molecule has 0 saturated heterocycles. The van der Waals surface area contributed by atoms with Crippen molar-refractivity contribution in [2.45, 2.75) is 12.5 Å². The minimum absolute atomic E-state index is 0.346. The third kappa shape index (κ3) is 3.57. The minimum Gasteiger partial charge on any atom is -0.411 e. The molecule has 0 heterocycles. The Morgan fingerprint density at radius 2 is 1.75 bits per heavy atom. The van der Waals surface area contributed by atoms with Crippen LogP contribution >= 0.6 is 11.6 Å². The van der Waals surface area contributed by atoms with Gasteiger partial charge in [-0.15, -0.1) is 0 Å². The van der Waals surface area contributed by atoms with E-state index in [4.69, 9.17) is 11.6 Å². The Bertz CT molecular complexity index is 570. The smallest absolute Gasteiger partial charge is 0.0887 e. The van der Waals surface area contributed by atoms with E-state index in [9.17, 15) is 10.4 Å². The Morgan fingerprint density at radius 3 is 2.30 bits per heavy atom. The van der Waals surface area contributed by atoms with Crippen molar-refractivity contribution >= 4 is 17.3 Å². The largest absolute Gasteiger partial charge is 0.411 e. The molecule has 0 aromatic heterocycles. The molecule has 0 aliphatic heterocycles. The highest BCUT2D eigenvalue weighted by Crippen LogP contribution is 2.21. The normalized spacial score (nSPS) is 13.2. The molecular formula is C15H15ClN2O2. The van der Waals surface area contributed by atoms with Crippen LogP contribution in [0, 0.1) is 0 Å². The van der Waals surface area contributed by atoms with Crippen molar-refractivity contribution in [3.63, 3.8) is 0 Å². The Morgan fingerprint density at radius 1 is 1.10 bits per heavy atom.